The average Bonchev–Trinajstić information content (AvgIpc) is 3.24. The normalized spacial score (nSPS) is 13.0. The van der Waals surface area contributed by atoms with Crippen LogP contribution >= 0.6 is 22.9 Å². The summed E-state index contributed by atoms with van der Waals surface area (Å²) in [5.41, 5.74) is 1.76. The van der Waals surface area contributed by atoms with Crippen LogP contribution in [0.1, 0.15) is 30.4 Å². The number of imide groups is 1. The molecule has 4 aromatic rings. The Hall–Kier alpha value is -3.48. The van der Waals surface area contributed by atoms with Crippen molar-refractivity contribution in [1.82, 2.24) is 0 Å². The number of hydrogen-bond acceptors (Lipinski definition) is 4. The number of carbonyl (C=O) groups excluding carboxylic acids is 3. The zero-order valence-electron chi connectivity index (χ0n) is 15.4. The molecule has 0 radical (unpaired) electrons. The van der Waals surface area contributed by atoms with Crippen molar-refractivity contribution in [1.29, 1.82) is 0 Å². The number of nitrogens with one attached hydrogen (secondary N) is 1. The minimum absolute atomic E-state index is 0.310. The molecule has 30 heavy (non-hydrogen) atoms. The molecule has 2 heterocycles. The summed E-state index contributed by atoms with van der Waals surface area (Å²) in [4.78, 5) is 39.5. The minimum atomic E-state index is -0.357. The predicted molar refractivity (Wildman–Crippen MR) is 119 cm³/mol. The Bertz CT molecular complexity index is 1310. The van der Waals surface area contributed by atoms with E-state index < -0.39 is 0 Å². The molecule has 0 unspecified atom stereocenters. The molecule has 5 rings (SSSR count). The first-order valence-electron chi connectivity index (χ1n) is 9.11. The molecule has 1 N–H and O–H groups in total. The molecule has 0 spiro atoms. The van der Waals surface area contributed by atoms with Crippen LogP contribution in [0.15, 0.2) is 72.8 Å². The van der Waals surface area contributed by atoms with Crippen molar-refractivity contribution in [2.45, 2.75) is 0 Å². The molecule has 1 aromatic heterocycles. The molecule has 7 heteroatoms. The van der Waals surface area contributed by atoms with Gasteiger partial charge in [-0.3, -0.25) is 14.4 Å². The SMILES string of the molecule is O=C(Nc1ccc(N2C(=O)c3ccccc3C2=O)cc1)c1sc2ccccc2c1Cl. The molecule has 1 aliphatic rings. The van der Waals surface area contributed by atoms with Gasteiger partial charge in [-0.15, -0.1) is 11.3 Å². The van der Waals surface area contributed by atoms with Crippen molar-refractivity contribution >= 4 is 62.1 Å². The number of benzene rings is 3. The van der Waals surface area contributed by atoms with Gasteiger partial charge in [-0.25, -0.2) is 4.90 Å². The van der Waals surface area contributed by atoms with Crippen molar-refractivity contribution in [3.8, 4) is 0 Å². The van der Waals surface area contributed by atoms with Crippen molar-refractivity contribution in [3.05, 3.63) is 93.8 Å². The highest BCUT2D eigenvalue weighted by molar-refractivity contribution is 7.21. The molecule has 0 saturated carbocycles. The van der Waals surface area contributed by atoms with E-state index >= 15 is 0 Å². The number of thiophene rings is 1. The van der Waals surface area contributed by atoms with E-state index in [4.69, 9.17) is 11.6 Å². The van der Waals surface area contributed by atoms with E-state index in [-0.39, 0.29) is 17.7 Å². The molecule has 146 valence electrons. The van der Waals surface area contributed by atoms with Gasteiger partial charge in [0, 0.05) is 15.8 Å². The van der Waals surface area contributed by atoms with Crippen LogP contribution in [0.4, 0.5) is 11.4 Å². The van der Waals surface area contributed by atoms with E-state index in [1.165, 1.54) is 11.3 Å². The highest BCUT2D eigenvalue weighted by atomic mass is 35.5. The number of rotatable bonds is 3. The zero-order valence-corrected chi connectivity index (χ0v) is 17.0. The second kappa shape index (κ2) is 7.09. The van der Waals surface area contributed by atoms with Crippen LogP contribution in [0.3, 0.4) is 0 Å². The molecule has 0 aliphatic carbocycles. The van der Waals surface area contributed by atoms with Crippen LogP contribution in [0.25, 0.3) is 10.1 Å². The molecule has 1 aliphatic heterocycles. The Morgan fingerprint density at radius 3 is 2.07 bits per heavy atom. The van der Waals surface area contributed by atoms with Crippen LogP contribution in [-0.2, 0) is 0 Å². The van der Waals surface area contributed by atoms with E-state index in [2.05, 4.69) is 5.32 Å². The van der Waals surface area contributed by atoms with Gasteiger partial charge in [-0.05, 0) is 42.5 Å². The smallest absolute Gasteiger partial charge is 0.267 e. The summed E-state index contributed by atoms with van der Waals surface area (Å²) in [5.74, 6) is -1.02. The maximum Gasteiger partial charge on any atom is 0.267 e. The fourth-order valence-corrected chi connectivity index (χ4v) is 4.88. The molecule has 0 bridgehead atoms. The summed E-state index contributed by atoms with van der Waals surface area (Å²) in [7, 11) is 0. The second-order valence-corrected chi connectivity index (χ2v) is 8.16. The van der Waals surface area contributed by atoms with Crippen LogP contribution < -0.4 is 10.2 Å². The third kappa shape index (κ3) is 2.89. The lowest BCUT2D eigenvalue weighted by molar-refractivity contribution is 0.0925. The standard InChI is InChI=1S/C23H13ClN2O3S/c24-19-17-7-3-4-8-18(17)30-20(19)21(27)25-13-9-11-14(12-10-13)26-22(28)15-5-1-2-6-16(15)23(26)29/h1-12H,(H,25,27). The maximum atomic E-state index is 12.7. The summed E-state index contributed by atoms with van der Waals surface area (Å²) >= 11 is 7.70. The summed E-state index contributed by atoms with van der Waals surface area (Å²) < 4.78 is 0.939. The lowest BCUT2D eigenvalue weighted by Crippen LogP contribution is -2.29. The largest absolute Gasteiger partial charge is 0.321 e. The van der Waals surface area contributed by atoms with Crippen LogP contribution in [0, 0.1) is 0 Å². The summed E-state index contributed by atoms with van der Waals surface area (Å²) in [6.45, 7) is 0. The number of carbonyl (C=O) groups is 3. The lowest BCUT2D eigenvalue weighted by atomic mass is 10.1. The molecule has 3 amide bonds. The number of nitrogens with zero attached hydrogens (tertiary/aromatic N) is 1. The van der Waals surface area contributed by atoms with E-state index in [1.807, 2.05) is 24.3 Å². The van der Waals surface area contributed by atoms with Gasteiger partial charge in [0.1, 0.15) is 4.88 Å². The Morgan fingerprint density at radius 2 is 1.43 bits per heavy atom. The number of amides is 3. The highest BCUT2D eigenvalue weighted by Crippen LogP contribution is 2.36. The fraction of sp³-hybridized carbons (Fsp3) is 0. The summed E-state index contributed by atoms with van der Waals surface area (Å²) in [6.07, 6.45) is 0. The van der Waals surface area contributed by atoms with Crippen molar-refractivity contribution < 1.29 is 14.4 Å². The van der Waals surface area contributed by atoms with Gasteiger partial charge in [0.15, 0.2) is 0 Å². The van der Waals surface area contributed by atoms with Gasteiger partial charge < -0.3 is 5.32 Å². The molecule has 0 atom stereocenters. The predicted octanol–water partition coefficient (Wildman–Crippen LogP) is 5.61. The van der Waals surface area contributed by atoms with Crippen molar-refractivity contribution in [2.75, 3.05) is 10.2 Å². The van der Waals surface area contributed by atoms with Gasteiger partial charge in [0.05, 0.1) is 21.8 Å². The van der Waals surface area contributed by atoms with Crippen LogP contribution in [-0.4, -0.2) is 17.7 Å². The monoisotopic (exact) mass is 432 g/mol. The van der Waals surface area contributed by atoms with Crippen LogP contribution in [0.2, 0.25) is 5.02 Å². The molecule has 0 fully saturated rings. The highest BCUT2D eigenvalue weighted by Gasteiger charge is 2.36. The molecular weight excluding hydrogens is 420 g/mol. The molecular formula is C23H13ClN2O3S. The van der Waals surface area contributed by atoms with Crippen LogP contribution in [0.5, 0.6) is 0 Å². The third-order valence-electron chi connectivity index (χ3n) is 4.92. The number of halogens is 1. The van der Waals surface area contributed by atoms with Crippen molar-refractivity contribution in [3.63, 3.8) is 0 Å². The van der Waals surface area contributed by atoms with Gasteiger partial charge in [0.25, 0.3) is 17.7 Å². The third-order valence-corrected chi connectivity index (χ3v) is 6.59. The quantitative estimate of drug-likeness (QED) is 0.428. The topological polar surface area (TPSA) is 66.5 Å². The zero-order chi connectivity index (χ0) is 20.8. The number of anilines is 2. The van der Waals surface area contributed by atoms with E-state index in [0.29, 0.717) is 32.4 Å². The van der Waals surface area contributed by atoms with Gasteiger partial charge >= 0.3 is 0 Å². The molecule has 0 saturated heterocycles. The first-order valence-corrected chi connectivity index (χ1v) is 10.3. The van der Waals surface area contributed by atoms with E-state index in [9.17, 15) is 14.4 Å². The average molecular weight is 433 g/mol. The first-order chi connectivity index (χ1) is 14.5. The Balaban J connectivity index is 1.38. The Morgan fingerprint density at radius 1 is 0.833 bits per heavy atom. The number of fused-ring (bicyclic) bond motifs is 2. The molecule has 3 aromatic carbocycles. The van der Waals surface area contributed by atoms with Gasteiger partial charge in [0.2, 0.25) is 0 Å². The second-order valence-electron chi connectivity index (χ2n) is 6.73. The van der Waals surface area contributed by atoms with E-state index in [1.54, 1.807) is 48.5 Å². The van der Waals surface area contributed by atoms with Gasteiger partial charge in [-0.2, -0.15) is 0 Å². The summed E-state index contributed by atoms with van der Waals surface area (Å²) in [6, 6.07) is 20.9. The Kier molecular flexibility index (Phi) is 4.38. The first kappa shape index (κ1) is 18.5. The maximum absolute atomic E-state index is 12.7. The fourth-order valence-electron chi connectivity index (χ4n) is 3.47. The minimum Gasteiger partial charge on any atom is -0.321 e. The Labute approximate surface area is 180 Å². The number of hydrogen-bond donors (Lipinski definition) is 1. The van der Waals surface area contributed by atoms with E-state index in [0.717, 1.165) is 15.0 Å². The van der Waals surface area contributed by atoms with Gasteiger partial charge in [-0.1, -0.05) is 41.9 Å². The molecule has 5 nitrogen and oxygen atoms in total. The summed E-state index contributed by atoms with van der Waals surface area (Å²) in [5, 5.41) is 4.09. The van der Waals surface area contributed by atoms with Crippen molar-refractivity contribution in [2.24, 2.45) is 0 Å². The lowest BCUT2D eigenvalue weighted by Gasteiger charge is -2.14.